The molecule has 0 radical (unpaired) electrons. The van der Waals surface area contributed by atoms with Crippen LogP contribution in [0, 0.1) is 0 Å². The molecular weight excluding hydrogens is 506 g/mol. The molecule has 5 heteroatoms. The molecule has 4 aromatic carbocycles. The number of fused-ring (bicyclic) bond motifs is 2. The molecule has 1 aliphatic rings. The van der Waals surface area contributed by atoms with Crippen LogP contribution >= 0.6 is 0 Å². The zero-order chi connectivity index (χ0) is 27.8. The fourth-order valence-corrected chi connectivity index (χ4v) is 6.41. The van der Waals surface area contributed by atoms with E-state index in [0.717, 1.165) is 51.9 Å². The molecule has 0 unspecified atom stereocenters. The van der Waals surface area contributed by atoms with Gasteiger partial charge < -0.3 is 9.67 Å². The molecule has 6 aromatic rings. The van der Waals surface area contributed by atoms with Crippen LogP contribution < -0.4 is 0 Å². The molecule has 5 nitrogen and oxygen atoms in total. The molecule has 0 atom stereocenters. The number of benzene rings is 4. The molecule has 0 saturated heterocycles. The number of pyridine rings is 1. The van der Waals surface area contributed by atoms with Crippen molar-refractivity contribution >= 4 is 27.9 Å². The van der Waals surface area contributed by atoms with Gasteiger partial charge in [0.15, 0.2) is 0 Å². The first-order chi connectivity index (χ1) is 20.2. The molecule has 0 amide bonds. The fraction of sp³-hybridized carbons (Fsp3) is 0.194. The lowest BCUT2D eigenvalue weighted by Gasteiger charge is -2.25. The Labute approximate surface area is 239 Å². The maximum atomic E-state index is 11.7. The number of nitrogens with zero attached hydrogens (tertiary/aromatic N) is 3. The third-order valence-electron chi connectivity index (χ3n) is 8.41. The summed E-state index contributed by atoms with van der Waals surface area (Å²) in [7, 11) is 0. The van der Waals surface area contributed by atoms with Gasteiger partial charge in [0.05, 0.1) is 33.7 Å². The molecule has 1 aliphatic carbocycles. The van der Waals surface area contributed by atoms with Gasteiger partial charge in [0.2, 0.25) is 0 Å². The minimum Gasteiger partial charge on any atom is -0.478 e. The second-order valence-corrected chi connectivity index (χ2v) is 11.0. The van der Waals surface area contributed by atoms with Crippen molar-refractivity contribution in [1.82, 2.24) is 14.5 Å². The Bertz CT molecular complexity index is 1820. The highest BCUT2D eigenvalue weighted by Crippen LogP contribution is 2.37. The normalized spacial score (nSPS) is 14.2. The van der Waals surface area contributed by atoms with Gasteiger partial charge in [-0.05, 0) is 66.4 Å². The molecule has 1 fully saturated rings. The molecule has 0 spiro atoms. The van der Waals surface area contributed by atoms with Gasteiger partial charge in [-0.15, -0.1) is 0 Å². The monoisotopic (exact) mass is 537 g/mol. The molecule has 41 heavy (non-hydrogen) atoms. The Hall–Kier alpha value is -4.77. The Morgan fingerprint density at radius 3 is 2.12 bits per heavy atom. The van der Waals surface area contributed by atoms with Crippen molar-refractivity contribution in [1.29, 1.82) is 0 Å². The van der Waals surface area contributed by atoms with Gasteiger partial charge in [-0.1, -0.05) is 86.0 Å². The van der Waals surface area contributed by atoms with Crippen molar-refractivity contribution in [2.24, 2.45) is 0 Å². The van der Waals surface area contributed by atoms with Crippen LogP contribution in [0.2, 0.25) is 0 Å². The predicted molar refractivity (Wildman–Crippen MR) is 163 cm³/mol. The van der Waals surface area contributed by atoms with E-state index in [1.165, 1.54) is 30.4 Å². The number of hydrogen-bond donors (Lipinski definition) is 1. The van der Waals surface area contributed by atoms with E-state index in [2.05, 4.69) is 83.4 Å². The maximum Gasteiger partial charge on any atom is 0.335 e. The molecule has 1 N–H and O–H groups in total. The first-order valence-corrected chi connectivity index (χ1v) is 14.4. The van der Waals surface area contributed by atoms with Crippen LogP contribution in [0.3, 0.4) is 0 Å². The van der Waals surface area contributed by atoms with Crippen molar-refractivity contribution < 1.29 is 9.90 Å². The standard InChI is InChI=1S/C36H31N3O2/c40-36(41)28-18-21-33-32(23-28)38-35(39(33)29-14-8-3-9-15-29)27-17-19-30-26(22-27)16-20-31(37-30)34(24-10-4-1-5-11-24)25-12-6-2-7-13-25/h1-2,4-7,10-13,16-23,29,34H,3,8-9,14-15H2,(H,40,41). The molecule has 0 aliphatic heterocycles. The van der Waals surface area contributed by atoms with Gasteiger partial charge in [0.1, 0.15) is 5.82 Å². The van der Waals surface area contributed by atoms with Crippen LogP contribution in [0.4, 0.5) is 0 Å². The highest BCUT2D eigenvalue weighted by atomic mass is 16.4. The number of carboxylic acid groups (broad SMARTS) is 1. The van der Waals surface area contributed by atoms with Crippen LogP contribution in [-0.2, 0) is 0 Å². The summed E-state index contributed by atoms with van der Waals surface area (Å²) in [5, 5.41) is 10.6. The quantitative estimate of drug-likeness (QED) is 0.231. The Morgan fingerprint density at radius 1 is 0.732 bits per heavy atom. The second kappa shape index (κ2) is 10.7. The van der Waals surface area contributed by atoms with Crippen LogP contribution in [-0.4, -0.2) is 25.6 Å². The zero-order valence-corrected chi connectivity index (χ0v) is 22.8. The zero-order valence-electron chi connectivity index (χ0n) is 22.8. The largest absolute Gasteiger partial charge is 0.478 e. The van der Waals surface area contributed by atoms with Gasteiger partial charge in [0.25, 0.3) is 0 Å². The number of carbonyl (C=O) groups is 1. The van der Waals surface area contributed by atoms with Gasteiger partial charge in [-0.3, -0.25) is 4.98 Å². The molecule has 1 saturated carbocycles. The van der Waals surface area contributed by atoms with E-state index in [1.54, 1.807) is 12.1 Å². The fourth-order valence-electron chi connectivity index (χ4n) is 6.41. The third kappa shape index (κ3) is 4.78. The second-order valence-electron chi connectivity index (χ2n) is 11.0. The van der Waals surface area contributed by atoms with E-state index in [9.17, 15) is 9.90 Å². The summed E-state index contributed by atoms with van der Waals surface area (Å²) >= 11 is 0. The molecule has 2 aromatic heterocycles. The molecule has 202 valence electrons. The molecule has 7 rings (SSSR count). The summed E-state index contributed by atoms with van der Waals surface area (Å²) in [4.78, 5) is 21.8. The summed E-state index contributed by atoms with van der Waals surface area (Å²) in [6.07, 6.45) is 5.88. The lowest BCUT2D eigenvalue weighted by atomic mass is 9.88. The van der Waals surface area contributed by atoms with E-state index in [0.29, 0.717) is 6.04 Å². The van der Waals surface area contributed by atoms with E-state index >= 15 is 0 Å². The lowest BCUT2D eigenvalue weighted by molar-refractivity contribution is 0.0697. The van der Waals surface area contributed by atoms with E-state index < -0.39 is 5.97 Å². The van der Waals surface area contributed by atoms with Crippen molar-refractivity contribution in [2.75, 3.05) is 0 Å². The average Bonchev–Trinajstić information content (AvgIpc) is 3.41. The van der Waals surface area contributed by atoms with Crippen LogP contribution in [0.25, 0.3) is 33.3 Å². The topological polar surface area (TPSA) is 68.0 Å². The Balaban J connectivity index is 1.33. The smallest absolute Gasteiger partial charge is 0.335 e. The summed E-state index contributed by atoms with van der Waals surface area (Å²) in [6.45, 7) is 0. The van der Waals surface area contributed by atoms with Crippen LogP contribution in [0.5, 0.6) is 0 Å². The number of aromatic nitrogens is 3. The minimum absolute atomic E-state index is 0.0420. The van der Waals surface area contributed by atoms with E-state index in [4.69, 9.17) is 9.97 Å². The molecule has 0 bridgehead atoms. The van der Waals surface area contributed by atoms with Crippen molar-refractivity contribution in [3.63, 3.8) is 0 Å². The maximum absolute atomic E-state index is 11.7. The number of rotatable bonds is 6. The number of imidazole rings is 1. The lowest BCUT2D eigenvalue weighted by Crippen LogP contribution is -2.14. The SMILES string of the molecule is O=C(O)c1ccc2c(c1)nc(-c1ccc3nc(C(c4ccccc4)c4ccccc4)ccc3c1)n2C1CCCCC1. The minimum atomic E-state index is -0.933. The van der Waals surface area contributed by atoms with Crippen molar-refractivity contribution in [2.45, 2.75) is 44.1 Å². The number of carboxylic acids is 1. The van der Waals surface area contributed by atoms with Crippen molar-refractivity contribution in [3.05, 3.63) is 132 Å². The van der Waals surface area contributed by atoms with E-state index in [1.807, 2.05) is 18.2 Å². The Morgan fingerprint density at radius 2 is 1.44 bits per heavy atom. The molecule has 2 heterocycles. The predicted octanol–water partition coefficient (Wildman–Crippen LogP) is 8.64. The average molecular weight is 538 g/mol. The van der Waals surface area contributed by atoms with Crippen LogP contribution in [0.15, 0.2) is 109 Å². The Kier molecular flexibility index (Phi) is 6.56. The van der Waals surface area contributed by atoms with Gasteiger partial charge in [-0.2, -0.15) is 0 Å². The molecular formula is C36H31N3O2. The van der Waals surface area contributed by atoms with Crippen molar-refractivity contribution in [3.8, 4) is 11.4 Å². The highest BCUT2D eigenvalue weighted by Gasteiger charge is 2.24. The number of hydrogen-bond acceptors (Lipinski definition) is 3. The van der Waals surface area contributed by atoms with Crippen LogP contribution in [0.1, 0.15) is 71.2 Å². The summed E-state index contributed by atoms with van der Waals surface area (Å²) in [5.41, 5.74) is 7.39. The van der Waals surface area contributed by atoms with Gasteiger partial charge >= 0.3 is 5.97 Å². The number of aromatic carboxylic acids is 1. The van der Waals surface area contributed by atoms with Gasteiger partial charge in [-0.25, -0.2) is 9.78 Å². The first-order valence-electron chi connectivity index (χ1n) is 14.4. The summed E-state index contributed by atoms with van der Waals surface area (Å²) < 4.78 is 2.35. The summed E-state index contributed by atoms with van der Waals surface area (Å²) in [6, 6.07) is 37.4. The van der Waals surface area contributed by atoms with Gasteiger partial charge in [0, 0.05) is 17.0 Å². The third-order valence-corrected chi connectivity index (χ3v) is 8.41. The highest BCUT2D eigenvalue weighted by molar-refractivity contribution is 5.94. The first kappa shape index (κ1) is 25.2. The van der Waals surface area contributed by atoms with E-state index in [-0.39, 0.29) is 11.5 Å². The summed E-state index contributed by atoms with van der Waals surface area (Å²) in [5.74, 6) is 0.00447.